The SMILES string of the molecule is Cc1ccc(OCC(=O)Nc2ccc(C)c(NS(=O)(=O)c3ccccc3)c2)cc1C. The van der Waals surface area contributed by atoms with Gasteiger partial charge in [0.1, 0.15) is 5.75 Å². The molecule has 0 bridgehead atoms. The van der Waals surface area contributed by atoms with Gasteiger partial charge in [0.25, 0.3) is 15.9 Å². The second kappa shape index (κ2) is 9.00. The number of aryl methyl sites for hydroxylation is 3. The summed E-state index contributed by atoms with van der Waals surface area (Å²) in [5, 5.41) is 2.73. The summed E-state index contributed by atoms with van der Waals surface area (Å²) >= 11 is 0. The average molecular weight is 425 g/mol. The van der Waals surface area contributed by atoms with Crippen LogP contribution in [-0.2, 0) is 14.8 Å². The lowest BCUT2D eigenvalue weighted by molar-refractivity contribution is -0.118. The maximum absolute atomic E-state index is 12.6. The fourth-order valence-corrected chi connectivity index (χ4v) is 3.91. The molecule has 0 radical (unpaired) electrons. The van der Waals surface area contributed by atoms with Gasteiger partial charge in [-0.1, -0.05) is 30.3 Å². The van der Waals surface area contributed by atoms with E-state index in [1.807, 2.05) is 32.0 Å². The Bertz CT molecular complexity index is 1160. The van der Waals surface area contributed by atoms with Gasteiger partial charge in [-0.3, -0.25) is 9.52 Å². The molecular weight excluding hydrogens is 400 g/mol. The smallest absolute Gasteiger partial charge is 0.262 e. The minimum Gasteiger partial charge on any atom is -0.484 e. The molecule has 0 aliphatic rings. The number of sulfonamides is 1. The van der Waals surface area contributed by atoms with Crippen LogP contribution in [0.25, 0.3) is 0 Å². The van der Waals surface area contributed by atoms with Crippen molar-refractivity contribution in [3.05, 3.63) is 83.4 Å². The Morgan fingerprint density at radius 2 is 1.57 bits per heavy atom. The van der Waals surface area contributed by atoms with Crippen molar-refractivity contribution in [1.82, 2.24) is 0 Å². The molecule has 1 amide bonds. The molecule has 0 heterocycles. The first-order chi connectivity index (χ1) is 14.2. The predicted octanol–water partition coefficient (Wildman–Crippen LogP) is 4.43. The number of benzene rings is 3. The zero-order chi connectivity index (χ0) is 21.7. The molecule has 3 aromatic rings. The third-order valence-electron chi connectivity index (χ3n) is 4.67. The molecule has 3 aromatic carbocycles. The van der Waals surface area contributed by atoms with Crippen LogP contribution >= 0.6 is 0 Å². The first-order valence-electron chi connectivity index (χ1n) is 9.43. The predicted molar refractivity (Wildman–Crippen MR) is 118 cm³/mol. The van der Waals surface area contributed by atoms with E-state index in [1.165, 1.54) is 12.1 Å². The van der Waals surface area contributed by atoms with Crippen LogP contribution in [0.4, 0.5) is 11.4 Å². The number of amides is 1. The van der Waals surface area contributed by atoms with E-state index in [-0.39, 0.29) is 17.4 Å². The lowest BCUT2D eigenvalue weighted by atomic mass is 10.1. The second-order valence-electron chi connectivity index (χ2n) is 7.03. The number of hydrogen-bond donors (Lipinski definition) is 2. The van der Waals surface area contributed by atoms with Crippen molar-refractivity contribution in [3.63, 3.8) is 0 Å². The van der Waals surface area contributed by atoms with Crippen molar-refractivity contribution in [2.45, 2.75) is 25.7 Å². The summed E-state index contributed by atoms with van der Waals surface area (Å²) in [6.07, 6.45) is 0. The van der Waals surface area contributed by atoms with Gasteiger partial charge in [0.05, 0.1) is 10.6 Å². The van der Waals surface area contributed by atoms with Gasteiger partial charge in [0.2, 0.25) is 0 Å². The Morgan fingerprint density at radius 1 is 0.867 bits per heavy atom. The number of carbonyl (C=O) groups is 1. The van der Waals surface area contributed by atoms with E-state index in [9.17, 15) is 13.2 Å². The number of carbonyl (C=O) groups excluding carboxylic acids is 1. The lowest BCUT2D eigenvalue weighted by Crippen LogP contribution is -2.20. The van der Waals surface area contributed by atoms with Crippen LogP contribution in [0.1, 0.15) is 16.7 Å². The molecule has 0 atom stereocenters. The maximum Gasteiger partial charge on any atom is 0.262 e. The molecule has 0 aliphatic heterocycles. The van der Waals surface area contributed by atoms with Crippen LogP contribution in [0.3, 0.4) is 0 Å². The molecule has 30 heavy (non-hydrogen) atoms. The van der Waals surface area contributed by atoms with Crippen LogP contribution in [0.15, 0.2) is 71.6 Å². The number of anilines is 2. The topological polar surface area (TPSA) is 84.5 Å². The van der Waals surface area contributed by atoms with Crippen molar-refractivity contribution in [3.8, 4) is 5.75 Å². The Morgan fingerprint density at radius 3 is 2.27 bits per heavy atom. The van der Waals surface area contributed by atoms with Gasteiger partial charge in [-0.25, -0.2) is 8.42 Å². The molecule has 6 nitrogen and oxygen atoms in total. The number of hydrogen-bond acceptors (Lipinski definition) is 4. The highest BCUT2D eigenvalue weighted by Crippen LogP contribution is 2.24. The van der Waals surface area contributed by atoms with Crippen LogP contribution in [0.5, 0.6) is 5.75 Å². The molecule has 0 saturated carbocycles. The third-order valence-corrected chi connectivity index (χ3v) is 6.05. The van der Waals surface area contributed by atoms with Crippen molar-refractivity contribution in [2.75, 3.05) is 16.6 Å². The van der Waals surface area contributed by atoms with Gasteiger partial charge in [0, 0.05) is 5.69 Å². The van der Waals surface area contributed by atoms with E-state index in [0.29, 0.717) is 17.1 Å². The van der Waals surface area contributed by atoms with Gasteiger partial charge in [0.15, 0.2) is 6.61 Å². The van der Waals surface area contributed by atoms with E-state index >= 15 is 0 Å². The number of ether oxygens (including phenoxy) is 1. The van der Waals surface area contributed by atoms with E-state index in [2.05, 4.69) is 10.0 Å². The van der Waals surface area contributed by atoms with Crippen LogP contribution in [0, 0.1) is 20.8 Å². The second-order valence-corrected chi connectivity index (χ2v) is 8.71. The molecular formula is C23H24N2O4S. The summed E-state index contributed by atoms with van der Waals surface area (Å²) in [7, 11) is -3.72. The Kier molecular flexibility index (Phi) is 6.42. The Hall–Kier alpha value is -3.32. The van der Waals surface area contributed by atoms with E-state index < -0.39 is 10.0 Å². The summed E-state index contributed by atoms with van der Waals surface area (Å²) in [6.45, 7) is 5.62. The largest absolute Gasteiger partial charge is 0.484 e. The van der Waals surface area contributed by atoms with Gasteiger partial charge in [-0.15, -0.1) is 0 Å². The van der Waals surface area contributed by atoms with E-state index in [1.54, 1.807) is 43.3 Å². The molecule has 2 N–H and O–H groups in total. The molecule has 156 valence electrons. The quantitative estimate of drug-likeness (QED) is 0.588. The van der Waals surface area contributed by atoms with Gasteiger partial charge < -0.3 is 10.1 Å². The molecule has 0 aromatic heterocycles. The molecule has 0 aliphatic carbocycles. The minimum absolute atomic E-state index is 0.151. The van der Waals surface area contributed by atoms with E-state index in [4.69, 9.17) is 4.74 Å². The minimum atomic E-state index is -3.72. The molecule has 7 heteroatoms. The van der Waals surface area contributed by atoms with Crippen LogP contribution in [0.2, 0.25) is 0 Å². The summed E-state index contributed by atoms with van der Waals surface area (Å²) in [5.41, 5.74) is 3.84. The fraction of sp³-hybridized carbons (Fsp3) is 0.174. The lowest BCUT2D eigenvalue weighted by Gasteiger charge is -2.13. The molecule has 3 rings (SSSR count). The molecule has 0 unspecified atom stereocenters. The number of rotatable bonds is 7. The highest BCUT2D eigenvalue weighted by atomic mass is 32.2. The van der Waals surface area contributed by atoms with Crippen LogP contribution in [-0.4, -0.2) is 20.9 Å². The molecule has 0 saturated heterocycles. The maximum atomic E-state index is 12.6. The van der Waals surface area contributed by atoms with Gasteiger partial charge >= 0.3 is 0 Å². The zero-order valence-electron chi connectivity index (χ0n) is 17.1. The first kappa shape index (κ1) is 21.4. The molecule has 0 fully saturated rings. The Balaban J connectivity index is 1.67. The number of nitrogens with one attached hydrogen (secondary N) is 2. The normalized spacial score (nSPS) is 11.0. The Labute approximate surface area is 177 Å². The average Bonchev–Trinajstić information content (AvgIpc) is 2.72. The van der Waals surface area contributed by atoms with Crippen molar-refractivity contribution < 1.29 is 17.9 Å². The van der Waals surface area contributed by atoms with Gasteiger partial charge in [-0.2, -0.15) is 0 Å². The van der Waals surface area contributed by atoms with Crippen molar-refractivity contribution >= 4 is 27.3 Å². The summed E-state index contributed by atoms with van der Waals surface area (Å²) in [4.78, 5) is 12.4. The summed E-state index contributed by atoms with van der Waals surface area (Å²) < 4.78 is 33.3. The van der Waals surface area contributed by atoms with E-state index in [0.717, 1.165) is 16.7 Å². The fourth-order valence-electron chi connectivity index (χ4n) is 2.76. The standard InChI is InChI=1S/C23H24N2O4S/c1-16-10-12-20(13-18(16)3)29-15-23(26)24-19-11-9-17(2)22(14-19)25-30(27,28)21-7-5-4-6-8-21/h4-14,25H,15H2,1-3H3,(H,24,26). The van der Waals surface area contributed by atoms with Gasteiger partial charge in [-0.05, 0) is 73.9 Å². The summed E-state index contributed by atoms with van der Waals surface area (Å²) in [6, 6.07) is 18.8. The first-order valence-corrected chi connectivity index (χ1v) is 10.9. The van der Waals surface area contributed by atoms with Crippen LogP contribution < -0.4 is 14.8 Å². The van der Waals surface area contributed by atoms with Crippen molar-refractivity contribution in [2.24, 2.45) is 0 Å². The highest BCUT2D eigenvalue weighted by Gasteiger charge is 2.15. The van der Waals surface area contributed by atoms with Crippen molar-refractivity contribution in [1.29, 1.82) is 0 Å². The third kappa shape index (κ3) is 5.39. The zero-order valence-corrected chi connectivity index (χ0v) is 17.9. The monoisotopic (exact) mass is 424 g/mol. The summed E-state index contributed by atoms with van der Waals surface area (Å²) in [5.74, 6) is 0.280. The molecule has 0 spiro atoms. The highest BCUT2D eigenvalue weighted by molar-refractivity contribution is 7.92.